The molecule has 2 atom stereocenters. The lowest BCUT2D eigenvalue weighted by atomic mass is 9.99. The minimum Gasteiger partial charge on any atom is -0.341 e. The van der Waals surface area contributed by atoms with Gasteiger partial charge in [-0.15, -0.1) is 0 Å². The Kier molecular flexibility index (Phi) is 5.85. The smallest absolute Gasteiger partial charge is 0.246 e. The Morgan fingerprint density at radius 3 is 2.62 bits per heavy atom. The summed E-state index contributed by atoms with van der Waals surface area (Å²) in [4.78, 5) is 14.7. The second-order valence-electron chi connectivity index (χ2n) is 6.47. The van der Waals surface area contributed by atoms with Crippen LogP contribution in [0.15, 0.2) is 24.3 Å². The number of piperidine rings is 1. The molecule has 1 aromatic rings. The summed E-state index contributed by atoms with van der Waals surface area (Å²) in [5.74, 6) is -0.515. The summed E-state index contributed by atoms with van der Waals surface area (Å²) in [7, 11) is -3.80. The number of benzene rings is 1. The minimum atomic E-state index is -3.80. The van der Waals surface area contributed by atoms with Crippen LogP contribution in [0.25, 0.3) is 0 Å². The van der Waals surface area contributed by atoms with Gasteiger partial charge in [0.25, 0.3) is 0 Å². The largest absolute Gasteiger partial charge is 0.341 e. The molecule has 0 spiro atoms. The lowest BCUT2D eigenvalue weighted by Gasteiger charge is -2.37. The fraction of sp³-hybridized carbons (Fsp3) is 0.588. The molecule has 2 rings (SSSR count). The number of rotatable bonds is 5. The van der Waals surface area contributed by atoms with Gasteiger partial charge in [0, 0.05) is 13.1 Å². The van der Waals surface area contributed by atoms with Crippen LogP contribution in [0, 0.1) is 11.7 Å². The molecule has 0 N–H and O–H groups in total. The topological polar surface area (TPSA) is 57.7 Å². The van der Waals surface area contributed by atoms with Gasteiger partial charge in [-0.05, 0) is 37.3 Å². The molecule has 7 heteroatoms. The molecule has 134 valence electrons. The van der Waals surface area contributed by atoms with Crippen LogP contribution >= 0.6 is 0 Å². The fourth-order valence-corrected chi connectivity index (χ4v) is 4.46. The molecule has 24 heavy (non-hydrogen) atoms. The maximum absolute atomic E-state index is 14.2. The first-order valence-corrected chi connectivity index (χ1v) is 10.1. The SMILES string of the molecule is CC[C@H](C(=O)N1CCC[C@H](C)C1)N(c1ccccc1F)S(C)(=O)=O. The zero-order valence-corrected chi connectivity index (χ0v) is 15.2. The van der Waals surface area contributed by atoms with E-state index in [1.54, 1.807) is 17.9 Å². The van der Waals surface area contributed by atoms with E-state index in [0.717, 1.165) is 23.4 Å². The highest BCUT2D eigenvalue weighted by atomic mass is 32.2. The second kappa shape index (κ2) is 7.51. The van der Waals surface area contributed by atoms with Crippen molar-refractivity contribution >= 4 is 21.6 Å². The third-order valence-corrected chi connectivity index (χ3v) is 5.54. The number of sulfonamides is 1. The number of hydrogen-bond acceptors (Lipinski definition) is 3. The van der Waals surface area contributed by atoms with Crippen LogP contribution in [0.3, 0.4) is 0 Å². The predicted molar refractivity (Wildman–Crippen MR) is 92.8 cm³/mol. The van der Waals surface area contributed by atoms with E-state index in [-0.39, 0.29) is 18.0 Å². The summed E-state index contributed by atoms with van der Waals surface area (Å²) >= 11 is 0. The van der Waals surface area contributed by atoms with E-state index >= 15 is 0 Å². The molecule has 0 radical (unpaired) electrons. The first-order valence-electron chi connectivity index (χ1n) is 8.28. The van der Waals surface area contributed by atoms with Crippen LogP contribution < -0.4 is 4.31 Å². The molecule has 1 fully saturated rings. The summed E-state index contributed by atoms with van der Waals surface area (Å²) in [6.07, 6.45) is 3.25. The first-order chi connectivity index (χ1) is 11.3. The van der Waals surface area contributed by atoms with Crippen LogP contribution in [0.1, 0.15) is 33.1 Å². The Bertz CT molecular complexity index is 693. The van der Waals surface area contributed by atoms with Crippen LogP contribution in [-0.2, 0) is 14.8 Å². The predicted octanol–water partition coefficient (Wildman–Crippen LogP) is 2.63. The van der Waals surface area contributed by atoms with Gasteiger partial charge >= 0.3 is 0 Å². The van der Waals surface area contributed by atoms with E-state index in [0.29, 0.717) is 19.0 Å². The molecule has 0 unspecified atom stereocenters. The van der Waals surface area contributed by atoms with Crippen molar-refractivity contribution in [2.24, 2.45) is 5.92 Å². The molecular weight excluding hydrogens is 331 g/mol. The second-order valence-corrected chi connectivity index (χ2v) is 8.33. The van der Waals surface area contributed by atoms with Crippen molar-refractivity contribution in [2.75, 3.05) is 23.7 Å². The van der Waals surface area contributed by atoms with Gasteiger partial charge in [-0.2, -0.15) is 0 Å². The molecule has 0 saturated carbocycles. The molecule has 1 amide bonds. The third kappa shape index (κ3) is 4.06. The van der Waals surface area contributed by atoms with E-state index in [4.69, 9.17) is 0 Å². The highest BCUT2D eigenvalue weighted by molar-refractivity contribution is 7.92. The molecular formula is C17H25FN2O3S. The Labute approximate surface area is 143 Å². The Balaban J connectivity index is 2.40. The molecule has 1 aliphatic rings. The lowest BCUT2D eigenvalue weighted by molar-refractivity contribution is -0.134. The summed E-state index contributed by atoms with van der Waals surface area (Å²) in [6.45, 7) is 5.05. The van der Waals surface area contributed by atoms with Gasteiger partial charge in [0.2, 0.25) is 15.9 Å². The van der Waals surface area contributed by atoms with E-state index in [1.807, 2.05) is 0 Å². The van der Waals surface area contributed by atoms with Gasteiger partial charge in [-0.1, -0.05) is 26.0 Å². The molecule has 0 bridgehead atoms. The number of carbonyl (C=O) groups excluding carboxylic acids is 1. The molecule has 1 heterocycles. The molecule has 1 aromatic carbocycles. The number of para-hydroxylation sites is 1. The van der Waals surface area contributed by atoms with Crippen molar-refractivity contribution in [1.29, 1.82) is 0 Å². The number of likely N-dealkylation sites (tertiary alicyclic amines) is 1. The van der Waals surface area contributed by atoms with E-state index in [9.17, 15) is 17.6 Å². The standard InChI is InChI=1S/C17H25FN2O3S/c1-4-15(17(21)19-11-7-8-13(2)12-19)20(24(3,22)23)16-10-6-5-9-14(16)18/h5-6,9-10,13,15H,4,7-8,11-12H2,1-3H3/t13-,15+/m0/s1. The summed E-state index contributed by atoms with van der Waals surface area (Å²) in [6, 6.07) is 4.73. The van der Waals surface area contributed by atoms with Crippen molar-refractivity contribution in [3.05, 3.63) is 30.1 Å². The van der Waals surface area contributed by atoms with Crippen molar-refractivity contribution in [1.82, 2.24) is 4.90 Å². The number of amides is 1. The van der Waals surface area contributed by atoms with Gasteiger partial charge in [0.15, 0.2) is 0 Å². The van der Waals surface area contributed by atoms with Crippen molar-refractivity contribution in [2.45, 2.75) is 39.2 Å². The number of halogens is 1. The Morgan fingerprint density at radius 2 is 2.08 bits per heavy atom. The quantitative estimate of drug-likeness (QED) is 0.815. The number of carbonyl (C=O) groups is 1. The van der Waals surface area contributed by atoms with Gasteiger partial charge < -0.3 is 4.90 Å². The summed E-state index contributed by atoms with van der Waals surface area (Å²) in [5, 5.41) is 0. The van der Waals surface area contributed by atoms with Crippen LogP contribution in [0.4, 0.5) is 10.1 Å². The summed E-state index contributed by atoms with van der Waals surface area (Å²) < 4.78 is 39.8. The summed E-state index contributed by atoms with van der Waals surface area (Å²) in [5.41, 5.74) is -0.0785. The molecule has 1 saturated heterocycles. The normalized spacial score (nSPS) is 19.8. The maximum atomic E-state index is 14.2. The average molecular weight is 356 g/mol. The van der Waals surface area contributed by atoms with Gasteiger partial charge in [0.1, 0.15) is 11.9 Å². The van der Waals surface area contributed by atoms with Crippen molar-refractivity contribution < 1.29 is 17.6 Å². The number of anilines is 1. The molecule has 1 aliphatic heterocycles. The highest BCUT2D eigenvalue weighted by Gasteiger charge is 2.36. The monoisotopic (exact) mass is 356 g/mol. The first kappa shape index (κ1) is 18.7. The highest BCUT2D eigenvalue weighted by Crippen LogP contribution is 2.27. The van der Waals surface area contributed by atoms with Gasteiger partial charge in [-0.3, -0.25) is 9.10 Å². The average Bonchev–Trinajstić information content (AvgIpc) is 2.52. The number of hydrogen-bond donors (Lipinski definition) is 0. The minimum absolute atomic E-state index is 0.0785. The zero-order valence-electron chi connectivity index (χ0n) is 14.4. The van der Waals surface area contributed by atoms with Gasteiger partial charge in [0.05, 0.1) is 11.9 Å². The van der Waals surface area contributed by atoms with Gasteiger partial charge in [-0.25, -0.2) is 12.8 Å². The van der Waals surface area contributed by atoms with E-state index in [1.165, 1.54) is 18.2 Å². The zero-order chi connectivity index (χ0) is 17.9. The van der Waals surface area contributed by atoms with Crippen LogP contribution in [-0.4, -0.2) is 44.6 Å². The maximum Gasteiger partial charge on any atom is 0.246 e. The van der Waals surface area contributed by atoms with Crippen molar-refractivity contribution in [3.8, 4) is 0 Å². The van der Waals surface area contributed by atoms with Crippen LogP contribution in [0.5, 0.6) is 0 Å². The molecule has 0 aliphatic carbocycles. The third-order valence-electron chi connectivity index (χ3n) is 4.37. The number of nitrogens with zero attached hydrogens (tertiary/aromatic N) is 2. The Hall–Kier alpha value is -1.63. The fourth-order valence-electron chi connectivity index (χ4n) is 3.25. The van der Waals surface area contributed by atoms with Crippen molar-refractivity contribution in [3.63, 3.8) is 0 Å². The van der Waals surface area contributed by atoms with Crippen LogP contribution in [0.2, 0.25) is 0 Å². The molecule has 0 aromatic heterocycles. The van der Waals surface area contributed by atoms with E-state index in [2.05, 4.69) is 6.92 Å². The Morgan fingerprint density at radius 1 is 1.42 bits per heavy atom. The lowest BCUT2D eigenvalue weighted by Crippen LogP contribution is -2.53. The van der Waals surface area contributed by atoms with E-state index < -0.39 is 21.9 Å². The molecule has 5 nitrogen and oxygen atoms in total.